The van der Waals surface area contributed by atoms with Crippen LogP contribution in [-0.2, 0) is 0 Å². The highest BCUT2D eigenvalue weighted by Gasteiger charge is 2.14. The number of hydrogen-bond acceptors (Lipinski definition) is 2. The Labute approximate surface area is 110 Å². The Balaban J connectivity index is 2.64. The minimum atomic E-state index is 0.0547. The predicted octanol–water partition coefficient (Wildman–Crippen LogP) is 4.13. The van der Waals surface area contributed by atoms with Crippen LogP contribution in [0.15, 0.2) is 9.85 Å². The molecule has 90 valence electrons. The molecule has 0 saturated heterocycles. The van der Waals surface area contributed by atoms with Gasteiger partial charge in [-0.2, -0.15) is 0 Å². The molecule has 0 aromatic carbocycles. The van der Waals surface area contributed by atoms with Crippen molar-refractivity contribution in [1.82, 2.24) is 5.32 Å². The Morgan fingerprint density at radius 3 is 2.69 bits per heavy atom. The van der Waals surface area contributed by atoms with Gasteiger partial charge in [-0.15, -0.1) is 11.3 Å². The van der Waals surface area contributed by atoms with Crippen molar-refractivity contribution < 1.29 is 4.79 Å². The Morgan fingerprint density at radius 1 is 1.56 bits per heavy atom. The van der Waals surface area contributed by atoms with Crippen LogP contribution in [0, 0.1) is 6.92 Å². The molecule has 0 saturated carbocycles. The van der Waals surface area contributed by atoms with E-state index in [1.165, 1.54) is 11.3 Å². The Bertz CT molecular complexity index is 342. The quantitative estimate of drug-likeness (QED) is 0.871. The van der Waals surface area contributed by atoms with Gasteiger partial charge in [-0.1, -0.05) is 20.3 Å². The summed E-state index contributed by atoms with van der Waals surface area (Å²) < 4.78 is 1.04. The molecule has 1 aromatic heterocycles. The molecular weight excluding hydrogens is 286 g/mol. The number of carbonyl (C=O) groups excluding carboxylic acids is 1. The number of rotatable bonds is 5. The molecule has 0 spiro atoms. The van der Waals surface area contributed by atoms with Gasteiger partial charge in [0, 0.05) is 6.04 Å². The summed E-state index contributed by atoms with van der Waals surface area (Å²) in [7, 11) is 0. The lowest BCUT2D eigenvalue weighted by molar-refractivity contribution is 0.0938. The second-order valence-electron chi connectivity index (χ2n) is 3.93. The van der Waals surface area contributed by atoms with E-state index in [0.29, 0.717) is 6.04 Å². The van der Waals surface area contributed by atoms with Crippen molar-refractivity contribution in [2.45, 2.75) is 46.1 Å². The molecule has 1 amide bonds. The molecule has 16 heavy (non-hydrogen) atoms. The molecule has 1 unspecified atom stereocenters. The molecule has 0 radical (unpaired) electrons. The topological polar surface area (TPSA) is 29.1 Å². The Kier molecular flexibility index (Phi) is 5.49. The molecule has 0 aliphatic rings. The second-order valence-corrected chi connectivity index (χ2v) is 6.30. The first-order valence-corrected chi connectivity index (χ1v) is 7.26. The smallest absolute Gasteiger partial charge is 0.261 e. The molecule has 1 heterocycles. The van der Waals surface area contributed by atoms with E-state index in [1.807, 2.05) is 13.0 Å². The fraction of sp³-hybridized carbons (Fsp3) is 0.583. The Hall–Kier alpha value is -0.350. The summed E-state index contributed by atoms with van der Waals surface area (Å²) in [6.07, 6.45) is 3.14. The SMILES string of the molecule is CCCC(CC)NC(=O)c1cc(C)c(Br)s1. The molecule has 1 rings (SSSR count). The van der Waals surface area contributed by atoms with Gasteiger partial charge in [0.2, 0.25) is 0 Å². The fourth-order valence-electron chi connectivity index (χ4n) is 1.56. The first-order valence-electron chi connectivity index (χ1n) is 5.65. The largest absolute Gasteiger partial charge is 0.349 e. The van der Waals surface area contributed by atoms with Gasteiger partial charge in [-0.3, -0.25) is 4.79 Å². The summed E-state index contributed by atoms with van der Waals surface area (Å²) in [4.78, 5) is 12.7. The molecule has 0 fully saturated rings. The number of hydrogen-bond donors (Lipinski definition) is 1. The van der Waals surface area contributed by atoms with E-state index >= 15 is 0 Å². The molecule has 1 N–H and O–H groups in total. The zero-order valence-electron chi connectivity index (χ0n) is 9.97. The summed E-state index contributed by atoms with van der Waals surface area (Å²) in [6.45, 7) is 6.25. The number of amides is 1. The van der Waals surface area contributed by atoms with E-state index in [4.69, 9.17) is 0 Å². The lowest BCUT2D eigenvalue weighted by Gasteiger charge is -2.15. The van der Waals surface area contributed by atoms with Crippen LogP contribution < -0.4 is 5.32 Å². The number of thiophene rings is 1. The highest BCUT2D eigenvalue weighted by Crippen LogP contribution is 2.27. The second kappa shape index (κ2) is 6.40. The molecule has 1 aromatic rings. The van der Waals surface area contributed by atoms with E-state index in [9.17, 15) is 4.79 Å². The summed E-state index contributed by atoms with van der Waals surface area (Å²) in [5.41, 5.74) is 1.12. The van der Waals surface area contributed by atoms with E-state index in [0.717, 1.165) is 33.5 Å². The third-order valence-corrected chi connectivity index (χ3v) is 4.68. The van der Waals surface area contributed by atoms with Gasteiger partial charge in [0.25, 0.3) is 5.91 Å². The van der Waals surface area contributed by atoms with Crippen LogP contribution in [0.5, 0.6) is 0 Å². The van der Waals surface area contributed by atoms with E-state index in [2.05, 4.69) is 35.1 Å². The zero-order chi connectivity index (χ0) is 12.1. The third-order valence-electron chi connectivity index (χ3n) is 2.55. The summed E-state index contributed by atoms with van der Waals surface area (Å²) in [5.74, 6) is 0.0547. The average Bonchev–Trinajstić information content (AvgIpc) is 2.58. The highest BCUT2D eigenvalue weighted by atomic mass is 79.9. The summed E-state index contributed by atoms with van der Waals surface area (Å²) in [6, 6.07) is 2.24. The average molecular weight is 304 g/mol. The first kappa shape index (κ1) is 13.7. The molecule has 1 atom stereocenters. The minimum Gasteiger partial charge on any atom is -0.349 e. The molecular formula is C12H18BrNOS. The molecule has 0 aliphatic carbocycles. The van der Waals surface area contributed by atoms with Crippen LogP contribution in [0.4, 0.5) is 0 Å². The van der Waals surface area contributed by atoms with Gasteiger partial charge < -0.3 is 5.32 Å². The van der Waals surface area contributed by atoms with Crippen molar-refractivity contribution in [2.24, 2.45) is 0 Å². The van der Waals surface area contributed by atoms with Gasteiger partial charge in [-0.05, 0) is 47.3 Å². The molecule has 0 bridgehead atoms. The van der Waals surface area contributed by atoms with Crippen molar-refractivity contribution >= 4 is 33.2 Å². The maximum absolute atomic E-state index is 11.9. The van der Waals surface area contributed by atoms with Crippen LogP contribution in [0.25, 0.3) is 0 Å². The van der Waals surface area contributed by atoms with Crippen LogP contribution >= 0.6 is 27.3 Å². The van der Waals surface area contributed by atoms with Gasteiger partial charge in [-0.25, -0.2) is 0 Å². The van der Waals surface area contributed by atoms with Gasteiger partial charge in [0.15, 0.2) is 0 Å². The van der Waals surface area contributed by atoms with E-state index < -0.39 is 0 Å². The van der Waals surface area contributed by atoms with Crippen molar-refractivity contribution in [3.05, 3.63) is 20.3 Å². The van der Waals surface area contributed by atoms with Crippen molar-refractivity contribution in [2.75, 3.05) is 0 Å². The lowest BCUT2D eigenvalue weighted by atomic mass is 10.1. The minimum absolute atomic E-state index is 0.0547. The zero-order valence-corrected chi connectivity index (χ0v) is 12.4. The van der Waals surface area contributed by atoms with Crippen LogP contribution in [0.3, 0.4) is 0 Å². The van der Waals surface area contributed by atoms with Crippen molar-refractivity contribution in [3.63, 3.8) is 0 Å². The van der Waals surface area contributed by atoms with Gasteiger partial charge >= 0.3 is 0 Å². The number of carbonyl (C=O) groups is 1. The first-order chi connectivity index (χ1) is 7.58. The molecule has 2 nitrogen and oxygen atoms in total. The van der Waals surface area contributed by atoms with Crippen molar-refractivity contribution in [3.8, 4) is 0 Å². The van der Waals surface area contributed by atoms with E-state index in [1.54, 1.807) is 0 Å². The van der Waals surface area contributed by atoms with Gasteiger partial charge in [0.1, 0.15) is 0 Å². The maximum Gasteiger partial charge on any atom is 0.261 e. The van der Waals surface area contributed by atoms with Crippen LogP contribution in [-0.4, -0.2) is 11.9 Å². The predicted molar refractivity (Wildman–Crippen MR) is 73.2 cm³/mol. The third kappa shape index (κ3) is 3.59. The normalized spacial score (nSPS) is 12.5. The number of nitrogens with one attached hydrogen (secondary N) is 1. The maximum atomic E-state index is 11.9. The standard InChI is InChI=1S/C12H18BrNOS/c1-4-6-9(5-2)14-12(15)10-7-8(3)11(13)16-10/h7,9H,4-6H2,1-3H3,(H,14,15). The lowest BCUT2D eigenvalue weighted by Crippen LogP contribution is -2.33. The number of halogens is 1. The van der Waals surface area contributed by atoms with Gasteiger partial charge in [0.05, 0.1) is 8.66 Å². The van der Waals surface area contributed by atoms with Crippen LogP contribution in [0.2, 0.25) is 0 Å². The van der Waals surface area contributed by atoms with Crippen molar-refractivity contribution in [1.29, 1.82) is 0 Å². The van der Waals surface area contributed by atoms with Crippen LogP contribution in [0.1, 0.15) is 48.3 Å². The highest BCUT2D eigenvalue weighted by molar-refractivity contribution is 9.11. The summed E-state index contributed by atoms with van der Waals surface area (Å²) >= 11 is 4.93. The Morgan fingerprint density at radius 2 is 2.25 bits per heavy atom. The monoisotopic (exact) mass is 303 g/mol. The summed E-state index contributed by atoms with van der Waals surface area (Å²) in [5, 5.41) is 3.08. The fourth-order valence-corrected chi connectivity index (χ4v) is 2.99. The molecule has 4 heteroatoms. The van der Waals surface area contributed by atoms with E-state index in [-0.39, 0.29) is 5.91 Å². The molecule has 0 aliphatic heterocycles. The number of aryl methyl sites for hydroxylation is 1.